The highest BCUT2D eigenvalue weighted by atomic mass is 35.5. The van der Waals surface area contributed by atoms with Gasteiger partial charge in [-0.1, -0.05) is 42.5 Å². The number of thioether (sulfide) groups is 1. The third kappa shape index (κ3) is 3.71. The Balaban J connectivity index is 2.31. The van der Waals surface area contributed by atoms with E-state index >= 15 is 0 Å². The Labute approximate surface area is 140 Å². The van der Waals surface area contributed by atoms with Gasteiger partial charge in [0.1, 0.15) is 9.07 Å². The monoisotopic (exact) mass is 343 g/mol. The maximum atomic E-state index is 10.6. The largest absolute Gasteiger partial charge is 0.295 e. The molecule has 0 radical (unpaired) electrons. The first-order chi connectivity index (χ1) is 9.85. The number of thiocarbonyl (C=S) groups is 1. The van der Waals surface area contributed by atoms with Crippen molar-refractivity contribution in [2.24, 2.45) is 0 Å². The molecular formula is C15H20ClN2OS2+. The zero-order chi connectivity index (χ0) is 15.6. The fraction of sp³-hybridized carbons (Fsp3) is 0.467. The van der Waals surface area contributed by atoms with Gasteiger partial charge in [0.05, 0.1) is 0 Å². The van der Waals surface area contributed by atoms with Crippen molar-refractivity contribution >= 4 is 46.1 Å². The van der Waals surface area contributed by atoms with E-state index in [4.69, 9.17) is 23.8 Å². The summed E-state index contributed by atoms with van der Waals surface area (Å²) >= 11 is 13.0. The van der Waals surface area contributed by atoms with Crippen LogP contribution in [0.5, 0.6) is 0 Å². The summed E-state index contributed by atoms with van der Waals surface area (Å²) in [6.07, 6.45) is 2.53. The standard InChI is InChI=1S/C15H20ClN2OS2/c1-4-9-17-13(15(2,3)21-14(17)20)18(19)10-11-5-7-12(16)8-6-11/h5-8,10,13,19H,4,9H2,1-3H3/q+1. The Bertz CT molecular complexity index is 557. The Morgan fingerprint density at radius 2 is 2.05 bits per heavy atom. The molecule has 1 aliphatic rings. The Morgan fingerprint density at radius 1 is 1.43 bits per heavy atom. The summed E-state index contributed by atoms with van der Waals surface area (Å²) in [6, 6.07) is 7.38. The van der Waals surface area contributed by atoms with Crippen LogP contribution in [0.4, 0.5) is 0 Å². The molecular weight excluding hydrogens is 324 g/mol. The second kappa shape index (κ2) is 6.55. The van der Waals surface area contributed by atoms with E-state index in [0.29, 0.717) is 5.02 Å². The summed E-state index contributed by atoms with van der Waals surface area (Å²) in [7, 11) is 0. The van der Waals surface area contributed by atoms with Gasteiger partial charge in [-0.2, -0.15) is 0 Å². The Hall–Kier alpha value is -0.780. The van der Waals surface area contributed by atoms with E-state index in [2.05, 4.69) is 25.7 Å². The number of benzene rings is 1. The van der Waals surface area contributed by atoms with Crippen LogP contribution >= 0.6 is 35.6 Å². The molecule has 6 heteroatoms. The third-order valence-electron chi connectivity index (χ3n) is 3.37. The van der Waals surface area contributed by atoms with Gasteiger partial charge in [0.15, 0.2) is 0 Å². The molecule has 21 heavy (non-hydrogen) atoms. The lowest BCUT2D eigenvalue weighted by atomic mass is 10.1. The maximum absolute atomic E-state index is 10.6. The molecule has 1 N–H and O–H groups in total. The number of nitrogens with zero attached hydrogens (tertiary/aromatic N) is 2. The first-order valence-corrected chi connectivity index (χ1v) is 8.52. The van der Waals surface area contributed by atoms with Crippen molar-refractivity contribution in [3.8, 4) is 0 Å². The first kappa shape index (κ1) is 16.6. The van der Waals surface area contributed by atoms with E-state index in [0.717, 1.165) is 22.8 Å². The van der Waals surface area contributed by atoms with Crippen LogP contribution in [0.1, 0.15) is 32.8 Å². The van der Waals surface area contributed by atoms with Crippen molar-refractivity contribution in [2.45, 2.75) is 38.1 Å². The predicted octanol–water partition coefficient (Wildman–Crippen LogP) is 4.01. The molecule has 0 aliphatic carbocycles. The van der Waals surface area contributed by atoms with E-state index < -0.39 is 0 Å². The smallest absolute Gasteiger partial charge is 0.292 e. The van der Waals surface area contributed by atoms with Crippen LogP contribution in [0.15, 0.2) is 24.3 Å². The van der Waals surface area contributed by atoms with E-state index in [1.54, 1.807) is 18.0 Å². The molecule has 1 saturated heterocycles. The molecule has 1 aromatic carbocycles. The number of halogens is 1. The van der Waals surface area contributed by atoms with Crippen LogP contribution in [0.2, 0.25) is 5.02 Å². The molecule has 1 atom stereocenters. The zero-order valence-corrected chi connectivity index (χ0v) is 14.8. The van der Waals surface area contributed by atoms with E-state index in [-0.39, 0.29) is 10.9 Å². The fourth-order valence-corrected chi connectivity index (χ4v) is 4.56. The van der Waals surface area contributed by atoms with Crippen LogP contribution in [-0.2, 0) is 0 Å². The second-order valence-electron chi connectivity index (χ2n) is 5.60. The Morgan fingerprint density at radius 3 is 2.62 bits per heavy atom. The average molecular weight is 344 g/mol. The summed E-state index contributed by atoms with van der Waals surface area (Å²) in [5.41, 5.74) is 0.900. The minimum atomic E-state index is -0.177. The molecule has 0 amide bonds. The third-order valence-corrected chi connectivity index (χ3v) is 5.25. The topological polar surface area (TPSA) is 26.5 Å². The number of hydroxylamine groups is 1. The van der Waals surface area contributed by atoms with Gasteiger partial charge < -0.3 is 0 Å². The lowest BCUT2D eigenvalue weighted by molar-refractivity contribution is -0.808. The summed E-state index contributed by atoms with van der Waals surface area (Å²) in [4.78, 5) is 2.09. The molecule has 1 aliphatic heterocycles. The molecule has 3 nitrogen and oxygen atoms in total. The summed E-state index contributed by atoms with van der Waals surface area (Å²) in [5, 5.41) is 11.2. The number of hydrogen-bond donors (Lipinski definition) is 1. The molecule has 114 valence electrons. The van der Waals surface area contributed by atoms with Crippen LogP contribution in [0.3, 0.4) is 0 Å². The molecule has 0 saturated carbocycles. The van der Waals surface area contributed by atoms with Crippen LogP contribution in [0.25, 0.3) is 0 Å². The SMILES string of the molecule is CCCN1C(=S)SC(C)(C)C1[N+](O)=Cc1ccc(Cl)cc1. The highest BCUT2D eigenvalue weighted by molar-refractivity contribution is 8.24. The first-order valence-electron chi connectivity index (χ1n) is 6.92. The second-order valence-corrected chi connectivity index (χ2v) is 8.32. The lowest BCUT2D eigenvalue weighted by Crippen LogP contribution is -2.48. The van der Waals surface area contributed by atoms with Gasteiger partial charge >= 0.3 is 0 Å². The van der Waals surface area contributed by atoms with Gasteiger partial charge in [-0.3, -0.25) is 10.1 Å². The van der Waals surface area contributed by atoms with Crippen LogP contribution in [-0.4, -0.2) is 42.8 Å². The van der Waals surface area contributed by atoms with Crippen LogP contribution < -0.4 is 0 Å². The van der Waals surface area contributed by atoms with Crippen molar-refractivity contribution in [3.05, 3.63) is 34.9 Å². The molecule has 1 fully saturated rings. The molecule has 0 bridgehead atoms. The quantitative estimate of drug-likeness (QED) is 0.294. The highest BCUT2D eigenvalue weighted by Crippen LogP contribution is 2.41. The highest BCUT2D eigenvalue weighted by Gasteiger charge is 2.52. The van der Waals surface area contributed by atoms with Gasteiger partial charge in [-0.25, -0.2) is 0 Å². The zero-order valence-electron chi connectivity index (χ0n) is 12.4. The van der Waals surface area contributed by atoms with Crippen molar-refractivity contribution in [1.82, 2.24) is 4.90 Å². The van der Waals surface area contributed by atoms with Gasteiger partial charge in [0.2, 0.25) is 6.21 Å². The molecule has 1 heterocycles. The summed E-state index contributed by atoms with van der Waals surface area (Å²) in [6.45, 7) is 7.15. The van der Waals surface area contributed by atoms with Gasteiger partial charge in [-0.15, -0.1) is 0 Å². The summed E-state index contributed by atoms with van der Waals surface area (Å²) < 4.78 is 1.94. The average Bonchev–Trinajstić information content (AvgIpc) is 2.62. The fourth-order valence-electron chi connectivity index (χ4n) is 2.50. The normalized spacial score (nSPS) is 21.9. The lowest BCUT2D eigenvalue weighted by Gasteiger charge is -2.24. The van der Waals surface area contributed by atoms with Crippen molar-refractivity contribution in [3.63, 3.8) is 0 Å². The predicted molar refractivity (Wildman–Crippen MR) is 93.7 cm³/mol. The van der Waals surface area contributed by atoms with Gasteiger partial charge in [-0.05, 0) is 49.3 Å². The molecule has 0 spiro atoms. The Kier molecular flexibility index (Phi) is 5.17. The summed E-state index contributed by atoms with van der Waals surface area (Å²) in [5.74, 6) is 0. The molecule has 2 rings (SSSR count). The van der Waals surface area contributed by atoms with Gasteiger partial charge in [0.25, 0.3) is 6.17 Å². The van der Waals surface area contributed by atoms with Crippen LogP contribution in [0, 0.1) is 0 Å². The molecule has 0 aromatic heterocycles. The van der Waals surface area contributed by atoms with Crippen molar-refractivity contribution < 1.29 is 9.95 Å². The van der Waals surface area contributed by atoms with Crippen molar-refractivity contribution in [2.75, 3.05) is 6.54 Å². The van der Waals surface area contributed by atoms with E-state index in [1.165, 1.54) is 4.74 Å². The van der Waals surface area contributed by atoms with E-state index in [9.17, 15) is 5.21 Å². The maximum Gasteiger partial charge on any atom is 0.292 e. The minimum Gasteiger partial charge on any atom is -0.295 e. The van der Waals surface area contributed by atoms with E-state index in [1.807, 2.05) is 24.3 Å². The number of rotatable bonds is 4. The molecule has 1 unspecified atom stereocenters. The number of hydrogen-bond acceptors (Lipinski definition) is 3. The molecule has 1 aromatic rings. The van der Waals surface area contributed by atoms with Crippen molar-refractivity contribution in [1.29, 1.82) is 0 Å². The minimum absolute atomic E-state index is 0.175. The van der Waals surface area contributed by atoms with Gasteiger partial charge in [0, 0.05) is 17.1 Å².